The van der Waals surface area contributed by atoms with E-state index in [0.717, 1.165) is 11.4 Å². The summed E-state index contributed by atoms with van der Waals surface area (Å²) in [4.78, 5) is 20.1. The zero-order chi connectivity index (χ0) is 12.4. The molecule has 2 aromatic heterocycles. The van der Waals surface area contributed by atoms with Crippen molar-refractivity contribution >= 4 is 11.9 Å². The third-order valence-electron chi connectivity index (χ3n) is 2.20. The first-order valence-corrected chi connectivity index (χ1v) is 5.11. The largest absolute Gasteiger partial charge is 0.361 e. The predicted octanol–water partition coefficient (Wildman–Crippen LogP) is 1.64. The molecule has 0 saturated heterocycles. The van der Waals surface area contributed by atoms with Gasteiger partial charge < -0.3 is 4.52 Å². The third-order valence-corrected chi connectivity index (χ3v) is 2.20. The number of nitrogens with one attached hydrogen (secondary N) is 1. The molecule has 0 unspecified atom stereocenters. The second-order valence-corrected chi connectivity index (χ2v) is 3.72. The summed E-state index contributed by atoms with van der Waals surface area (Å²) in [6.07, 6.45) is 1.37. The maximum Gasteiger partial charge on any atom is 0.263 e. The smallest absolute Gasteiger partial charge is 0.263 e. The van der Waals surface area contributed by atoms with Crippen LogP contribution in [0.1, 0.15) is 27.5 Å². The fourth-order valence-electron chi connectivity index (χ4n) is 1.47. The quantitative estimate of drug-likeness (QED) is 0.851. The van der Waals surface area contributed by atoms with Gasteiger partial charge in [-0.15, -0.1) is 0 Å². The van der Waals surface area contributed by atoms with E-state index in [1.807, 2.05) is 19.9 Å². The lowest BCUT2D eigenvalue weighted by molar-refractivity contribution is 0.102. The Balaban J connectivity index is 2.21. The Labute approximate surface area is 98.1 Å². The number of aryl methyl sites for hydroxylation is 3. The van der Waals surface area contributed by atoms with Crippen LogP contribution in [-0.4, -0.2) is 21.0 Å². The van der Waals surface area contributed by atoms with Gasteiger partial charge in [0.1, 0.15) is 11.3 Å². The van der Waals surface area contributed by atoms with Gasteiger partial charge in [0.25, 0.3) is 5.91 Å². The van der Waals surface area contributed by atoms with Gasteiger partial charge in [-0.2, -0.15) is 0 Å². The van der Waals surface area contributed by atoms with E-state index < -0.39 is 0 Å². The van der Waals surface area contributed by atoms with Gasteiger partial charge in [-0.25, -0.2) is 9.97 Å². The fraction of sp³-hybridized carbons (Fsp3) is 0.273. The van der Waals surface area contributed by atoms with Crippen LogP contribution in [0.15, 0.2) is 16.8 Å². The van der Waals surface area contributed by atoms with Crippen LogP contribution >= 0.6 is 0 Å². The molecule has 17 heavy (non-hydrogen) atoms. The minimum atomic E-state index is -0.325. The Morgan fingerprint density at radius 1 is 1.24 bits per heavy atom. The van der Waals surface area contributed by atoms with E-state index >= 15 is 0 Å². The topological polar surface area (TPSA) is 80.9 Å². The van der Waals surface area contributed by atoms with Gasteiger partial charge >= 0.3 is 0 Å². The molecule has 0 saturated carbocycles. The van der Waals surface area contributed by atoms with Crippen molar-refractivity contribution in [1.82, 2.24) is 15.1 Å². The molecule has 2 rings (SSSR count). The second-order valence-electron chi connectivity index (χ2n) is 3.72. The molecule has 6 nitrogen and oxygen atoms in total. The Hall–Kier alpha value is -2.24. The van der Waals surface area contributed by atoms with E-state index in [9.17, 15) is 4.79 Å². The van der Waals surface area contributed by atoms with Crippen LogP contribution < -0.4 is 5.32 Å². The summed E-state index contributed by atoms with van der Waals surface area (Å²) in [5.41, 5.74) is 1.98. The molecule has 0 fully saturated rings. The maximum atomic E-state index is 11.8. The molecule has 1 N–H and O–H groups in total. The number of hydrogen-bond acceptors (Lipinski definition) is 5. The number of carbonyl (C=O) groups excluding carboxylic acids is 1. The number of nitrogens with zero attached hydrogens (tertiary/aromatic N) is 3. The highest BCUT2D eigenvalue weighted by Crippen LogP contribution is 2.09. The molecule has 1 amide bonds. The van der Waals surface area contributed by atoms with Crippen molar-refractivity contribution in [3.8, 4) is 0 Å². The monoisotopic (exact) mass is 232 g/mol. The van der Waals surface area contributed by atoms with Gasteiger partial charge in [0.05, 0.1) is 6.20 Å². The van der Waals surface area contributed by atoms with Gasteiger partial charge in [0.15, 0.2) is 0 Å². The van der Waals surface area contributed by atoms with Crippen LogP contribution in [-0.2, 0) is 0 Å². The molecule has 0 spiro atoms. The molecule has 6 heteroatoms. The molecule has 0 aliphatic heterocycles. The Bertz CT molecular complexity index is 542. The summed E-state index contributed by atoms with van der Waals surface area (Å²) in [7, 11) is 0. The van der Waals surface area contributed by atoms with E-state index in [1.165, 1.54) is 6.20 Å². The van der Waals surface area contributed by atoms with Gasteiger partial charge in [-0.3, -0.25) is 10.1 Å². The highest BCUT2D eigenvalue weighted by Gasteiger charge is 2.14. The Kier molecular flexibility index (Phi) is 2.86. The minimum absolute atomic E-state index is 0.285. The zero-order valence-corrected chi connectivity index (χ0v) is 9.81. The number of aromatic nitrogens is 3. The van der Waals surface area contributed by atoms with Crippen LogP contribution in [0, 0.1) is 20.8 Å². The molecule has 0 radical (unpaired) electrons. The maximum absolute atomic E-state index is 11.8. The van der Waals surface area contributed by atoms with Crippen LogP contribution in [0.2, 0.25) is 0 Å². The molecule has 0 aliphatic rings. The molecule has 0 atom stereocenters. The molecular formula is C11H12N4O2. The normalized spacial score (nSPS) is 10.3. The average Bonchev–Trinajstić information content (AvgIpc) is 2.62. The van der Waals surface area contributed by atoms with Crippen molar-refractivity contribution in [3.63, 3.8) is 0 Å². The number of anilines is 1. The molecule has 88 valence electrons. The predicted molar refractivity (Wildman–Crippen MR) is 60.7 cm³/mol. The summed E-state index contributed by atoms with van der Waals surface area (Å²) in [6, 6.07) is 1.83. The van der Waals surface area contributed by atoms with Crippen molar-refractivity contribution in [1.29, 1.82) is 0 Å². The first kappa shape index (κ1) is 11.3. The standard InChI is InChI=1S/C11H12N4O2/c1-6-4-7(2)14-11(13-6)15-10(16)9-5-12-17-8(9)3/h4-5H,1-3H3,(H,13,14,15,16). The minimum Gasteiger partial charge on any atom is -0.361 e. The van der Waals surface area contributed by atoms with Gasteiger partial charge in [0.2, 0.25) is 5.95 Å². The van der Waals surface area contributed by atoms with E-state index in [2.05, 4.69) is 20.4 Å². The molecule has 0 bridgehead atoms. The molecule has 0 aliphatic carbocycles. The van der Waals surface area contributed by atoms with Crippen LogP contribution in [0.4, 0.5) is 5.95 Å². The molecule has 2 aromatic rings. The highest BCUT2D eigenvalue weighted by molar-refractivity contribution is 6.03. The molecule has 2 heterocycles. The van der Waals surface area contributed by atoms with Crippen LogP contribution in [0.25, 0.3) is 0 Å². The van der Waals surface area contributed by atoms with Crippen LogP contribution in [0.3, 0.4) is 0 Å². The first-order valence-electron chi connectivity index (χ1n) is 5.11. The summed E-state index contributed by atoms with van der Waals surface area (Å²) in [5, 5.41) is 6.15. The lowest BCUT2D eigenvalue weighted by atomic mass is 10.2. The fourth-order valence-corrected chi connectivity index (χ4v) is 1.47. The van der Waals surface area contributed by atoms with E-state index in [-0.39, 0.29) is 11.9 Å². The van der Waals surface area contributed by atoms with E-state index in [4.69, 9.17) is 4.52 Å². The number of hydrogen-bond donors (Lipinski definition) is 1. The summed E-state index contributed by atoms with van der Waals surface area (Å²) in [5.74, 6) is 0.425. The SMILES string of the molecule is Cc1cc(C)nc(NC(=O)c2cnoc2C)n1. The lowest BCUT2D eigenvalue weighted by Gasteiger charge is -2.04. The van der Waals surface area contributed by atoms with Gasteiger partial charge in [-0.1, -0.05) is 5.16 Å². The summed E-state index contributed by atoms with van der Waals surface area (Å²) in [6.45, 7) is 5.36. The number of rotatable bonds is 2. The molecular weight excluding hydrogens is 220 g/mol. The Morgan fingerprint density at radius 3 is 2.41 bits per heavy atom. The van der Waals surface area contributed by atoms with E-state index in [0.29, 0.717) is 11.3 Å². The van der Waals surface area contributed by atoms with Crippen molar-refractivity contribution in [2.75, 3.05) is 5.32 Å². The lowest BCUT2D eigenvalue weighted by Crippen LogP contribution is -2.15. The van der Waals surface area contributed by atoms with Crippen molar-refractivity contribution < 1.29 is 9.32 Å². The number of carbonyl (C=O) groups is 1. The average molecular weight is 232 g/mol. The number of amides is 1. The summed E-state index contributed by atoms with van der Waals surface area (Å²) < 4.78 is 4.82. The van der Waals surface area contributed by atoms with Crippen molar-refractivity contribution in [3.05, 3.63) is 35.0 Å². The second kappa shape index (κ2) is 4.32. The van der Waals surface area contributed by atoms with Crippen molar-refractivity contribution in [2.24, 2.45) is 0 Å². The summed E-state index contributed by atoms with van der Waals surface area (Å²) >= 11 is 0. The highest BCUT2D eigenvalue weighted by atomic mass is 16.5. The Morgan fingerprint density at radius 2 is 1.88 bits per heavy atom. The van der Waals surface area contributed by atoms with Gasteiger partial charge in [-0.05, 0) is 26.8 Å². The van der Waals surface area contributed by atoms with Crippen LogP contribution in [0.5, 0.6) is 0 Å². The van der Waals surface area contributed by atoms with Crippen molar-refractivity contribution in [2.45, 2.75) is 20.8 Å². The molecule has 0 aromatic carbocycles. The third kappa shape index (κ3) is 2.47. The van der Waals surface area contributed by atoms with Gasteiger partial charge in [0, 0.05) is 11.4 Å². The zero-order valence-electron chi connectivity index (χ0n) is 9.81. The first-order chi connectivity index (χ1) is 8.06. The van der Waals surface area contributed by atoms with E-state index in [1.54, 1.807) is 6.92 Å².